The normalized spacial score (nSPS) is 21.7. The molecule has 1 aromatic rings. The number of urea groups is 1. The van der Waals surface area contributed by atoms with Gasteiger partial charge in [0, 0.05) is 19.0 Å². The van der Waals surface area contributed by atoms with Gasteiger partial charge in [0.25, 0.3) is 0 Å². The molecule has 0 aromatic heterocycles. The molecule has 0 bridgehead atoms. The van der Waals surface area contributed by atoms with Crippen LogP contribution >= 0.6 is 0 Å². The number of primary amides is 1. The number of aryl methyl sites for hydroxylation is 1. The Balaban J connectivity index is 1.80. The Kier molecular flexibility index (Phi) is 5.55. The fourth-order valence-electron chi connectivity index (χ4n) is 3.13. The molecular formula is C17H25N3O2. The zero-order valence-corrected chi connectivity index (χ0v) is 13.3. The fraction of sp³-hybridized carbons (Fsp3) is 0.529. The van der Waals surface area contributed by atoms with E-state index in [1.807, 2.05) is 0 Å². The second-order valence-electron chi connectivity index (χ2n) is 6.20. The molecule has 1 saturated heterocycles. The summed E-state index contributed by atoms with van der Waals surface area (Å²) in [7, 11) is 0. The number of amides is 3. The standard InChI is InChI=1S/C17H25N3O2/c1-12-5-7-14(8-6-12)15-10-13(2)20(11-15)9-3-4-16(21)19-17(18)22/h5-8,13,15H,3-4,9-11H2,1-2H3,(H3,18,19,21,22)/t13-,15+/m1/s1. The first-order valence-corrected chi connectivity index (χ1v) is 7.85. The summed E-state index contributed by atoms with van der Waals surface area (Å²) in [6.45, 7) is 6.24. The number of likely N-dealkylation sites (tertiary alicyclic amines) is 1. The van der Waals surface area contributed by atoms with E-state index < -0.39 is 6.03 Å². The number of hydrogen-bond acceptors (Lipinski definition) is 3. The number of benzene rings is 1. The largest absolute Gasteiger partial charge is 0.351 e. The van der Waals surface area contributed by atoms with E-state index in [0.717, 1.165) is 25.9 Å². The zero-order valence-electron chi connectivity index (χ0n) is 13.3. The molecule has 1 fully saturated rings. The van der Waals surface area contributed by atoms with Crippen LogP contribution in [0.25, 0.3) is 0 Å². The summed E-state index contributed by atoms with van der Waals surface area (Å²) in [6, 6.07) is 8.50. The van der Waals surface area contributed by atoms with Crippen molar-refractivity contribution in [2.45, 2.75) is 45.1 Å². The third-order valence-corrected chi connectivity index (χ3v) is 4.36. The molecule has 1 aliphatic heterocycles. The minimum absolute atomic E-state index is 0.297. The first-order chi connectivity index (χ1) is 10.5. The van der Waals surface area contributed by atoms with Gasteiger partial charge >= 0.3 is 6.03 Å². The molecule has 1 aromatic carbocycles. The van der Waals surface area contributed by atoms with Gasteiger partial charge in [-0.1, -0.05) is 29.8 Å². The van der Waals surface area contributed by atoms with Crippen LogP contribution < -0.4 is 11.1 Å². The topological polar surface area (TPSA) is 75.4 Å². The highest BCUT2D eigenvalue weighted by molar-refractivity contribution is 5.93. The number of hydrogen-bond donors (Lipinski definition) is 2. The third-order valence-electron chi connectivity index (χ3n) is 4.36. The SMILES string of the molecule is Cc1ccc([C@H]2C[C@@H](C)N(CCCC(=O)NC(N)=O)C2)cc1. The molecular weight excluding hydrogens is 278 g/mol. The molecule has 2 atom stereocenters. The Morgan fingerprint density at radius 3 is 2.64 bits per heavy atom. The summed E-state index contributed by atoms with van der Waals surface area (Å²) in [5, 5.41) is 2.10. The van der Waals surface area contributed by atoms with Crippen molar-refractivity contribution < 1.29 is 9.59 Å². The first kappa shape index (κ1) is 16.5. The Morgan fingerprint density at radius 2 is 2.00 bits per heavy atom. The van der Waals surface area contributed by atoms with Gasteiger partial charge in [-0.2, -0.15) is 0 Å². The number of imide groups is 1. The predicted molar refractivity (Wildman–Crippen MR) is 86.5 cm³/mol. The molecule has 3 amide bonds. The molecule has 0 unspecified atom stereocenters. The van der Waals surface area contributed by atoms with Crippen LogP contribution in [0.2, 0.25) is 0 Å². The second kappa shape index (κ2) is 7.40. The van der Waals surface area contributed by atoms with Crippen LogP contribution in [0.15, 0.2) is 24.3 Å². The lowest BCUT2D eigenvalue weighted by Gasteiger charge is -2.20. The van der Waals surface area contributed by atoms with Crippen LogP contribution in [0.3, 0.4) is 0 Å². The number of carbonyl (C=O) groups is 2. The van der Waals surface area contributed by atoms with Crippen molar-refractivity contribution in [2.75, 3.05) is 13.1 Å². The highest BCUT2D eigenvalue weighted by atomic mass is 16.2. The van der Waals surface area contributed by atoms with Gasteiger partial charge in [-0.15, -0.1) is 0 Å². The summed E-state index contributed by atoms with van der Waals surface area (Å²) in [5.41, 5.74) is 7.60. The second-order valence-corrected chi connectivity index (χ2v) is 6.20. The lowest BCUT2D eigenvalue weighted by atomic mass is 9.96. The van der Waals surface area contributed by atoms with Crippen molar-refractivity contribution in [1.82, 2.24) is 10.2 Å². The van der Waals surface area contributed by atoms with E-state index in [1.165, 1.54) is 11.1 Å². The number of rotatable bonds is 5. The van der Waals surface area contributed by atoms with Gasteiger partial charge < -0.3 is 10.6 Å². The van der Waals surface area contributed by atoms with Crippen LogP contribution in [-0.2, 0) is 4.79 Å². The van der Waals surface area contributed by atoms with Crippen molar-refractivity contribution in [2.24, 2.45) is 5.73 Å². The molecule has 0 aliphatic carbocycles. The van der Waals surface area contributed by atoms with Crippen LogP contribution in [0.5, 0.6) is 0 Å². The van der Waals surface area contributed by atoms with Gasteiger partial charge in [-0.05, 0) is 44.7 Å². The number of carbonyl (C=O) groups excluding carboxylic acids is 2. The average molecular weight is 303 g/mol. The van der Waals surface area contributed by atoms with Gasteiger partial charge in [0.15, 0.2) is 0 Å². The maximum atomic E-state index is 11.4. The van der Waals surface area contributed by atoms with E-state index in [2.05, 4.69) is 48.3 Å². The van der Waals surface area contributed by atoms with Gasteiger partial charge in [0.05, 0.1) is 0 Å². The fourth-order valence-corrected chi connectivity index (χ4v) is 3.13. The highest BCUT2D eigenvalue weighted by Crippen LogP contribution is 2.31. The van der Waals surface area contributed by atoms with Crippen molar-refractivity contribution in [3.8, 4) is 0 Å². The molecule has 0 saturated carbocycles. The first-order valence-electron chi connectivity index (χ1n) is 7.85. The predicted octanol–water partition coefficient (Wildman–Crippen LogP) is 2.15. The van der Waals surface area contributed by atoms with Gasteiger partial charge in [-0.3, -0.25) is 10.1 Å². The molecule has 120 valence electrons. The minimum atomic E-state index is -0.779. The van der Waals surface area contributed by atoms with Crippen LogP contribution in [-0.4, -0.2) is 36.0 Å². The molecule has 1 aliphatic rings. The Morgan fingerprint density at radius 1 is 1.32 bits per heavy atom. The molecule has 1 heterocycles. The highest BCUT2D eigenvalue weighted by Gasteiger charge is 2.29. The number of nitrogens with zero attached hydrogens (tertiary/aromatic N) is 1. The summed E-state index contributed by atoms with van der Waals surface area (Å²) in [4.78, 5) is 24.4. The van der Waals surface area contributed by atoms with E-state index in [9.17, 15) is 9.59 Å². The summed E-state index contributed by atoms with van der Waals surface area (Å²) in [5.74, 6) is 0.268. The van der Waals surface area contributed by atoms with Crippen molar-refractivity contribution >= 4 is 11.9 Å². The average Bonchev–Trinajstić information content (AvgIpc) is 2.80. The van der Waals surface area contributed by atoms with Gasteiger partial charge in [0.2, 0.25) is 5.91 Å². The molecule has 5 heteroatoms. The monoisotopic (exact) mass is 303 g/mol. The van der Waals surface area contributed by atoms with E-state index in [0.29, 0.717) is 18.4 Å². The lowest BCUT2D eigenvalue weighted by molar-refractivity contribution is -0.120. The number of nitrogens with one attached hydrogen (secondary N) is 1. The summed E-state index contributed by atoms with van der Waals surface area (Å²) >= 11 is 0. The molecule has 2 rings (SSSR count). The molecule has 5 nitrogen and oxygen atoms in total. The Labute approximate surface area is 131 Å². The van der Waals surface area contributed by atoms with Gasteiger partial charge in [0.1, 0.15) is 0 Å². The maximum absolute atomic E-state index is 11.4. The van der Waals surface area contributed by atoms with Crippen molar-refractivity contribution in [3.05, 3.63) is 35.4 Å². The Hall–Kier alpha value is -1.88. The van der Waals surface area contributed by atoms with Crippen LogP contribution in [0, 0.1) is 6.92 Å². The minimum Gasteiger partial charge on any atom is -0.351 e. The van der Waals surface area contributed by atoms with Gasteiger partial charge in [-0.25, -0.2) is 4.79 Å². The quantitative estimate of drug-likeness (QED) is 0.875. The van der Waals surface area contributed by atoms with Crippen molar-refractivity contribution in [3.63, 3.8) is 0 Å². The lowest BCUT2D eigenvalue weighted by Crippen LogP contribution is -2.35. The number of nitrogens with two attached hydrogens (primary N) is 1. The smallest absolute Gasteiger partial charge is 0.318 e. The van der Waals surface area contributed by atoms with Crippen molar-refractivity contribution in [1.29, 1.82) is 0 Å². The summed E-state index contributed by atoms with van der Waals surface area (Å²) in [6.07, 6.45) is 2.22. The van der Waals surface area contributed by atoms with E-state index in [1.54, 1.807) is 0 Å². The van der Waals surface area contributed by atoms with E-state index >= 15 is 0 Å². The Bertz CT molecular complexity index is 527. The van der Waals surface area contributed by atoms with E-state index in [4.69, 9.17) is 5.73 Å². The summed E-state index contributed by atoms with van der Waals surface area (Å²) < 4.78 is 0. The molecule has 0 spiro atoms. The van der Waals surface area contributed by atoms with E-state index in [-0.39, 0.29) is 5.91 Å². The molecule has 3 N–H and O–H groups in total. The van der Waals surface area contributed by atoms with Crippen LogP contribution in [0.1, 0.15) is 43.2 Å². The molecule has 22 heavy (non-hydrogen) atoms. The third kappa shape index (κ3) is 4.56. The van der Waals surface area contributed by atoms with Crippen LogP contribution in [0.4, 0.5) is 4.79 Å². The molecule has 0 radical (unpaired) electrons. The maximum Gasteiger partial charge on any atom is 0.318 e. The zero-order chi connectivity index (χ0) is 16.1.